The van der Waals surface area contributed by atoms with Gasteiger partial charge in [0, 0.05) is 40.2 Å². The van der Waals surface area contributed by atoms with E-state index in [0.29, 0.717) is 44.7 Å². The summed E-state index contributed by atoms with van der Waals surface area (Å²) < 4.78 is 34.8. The van der Waals surface area contributed by atoms with Crippen LogP contribution in [0.1, 0.15) is 114 Å². The summed E-state index contributed by atoms with van der Waals surface area (Å²) in [5.74, 6) is 0.954. The molecule has 18 nitrogen and oxygen atoms in total. The number of rotatable bonds is 13. The number of hydrogen-bond acceptors (Lipinski definition) is 13. The van der Waals surface area contributed by atoms with Gasteiger partial charge in [-0.1, -0.05) is 24.3 Å². The first kappa shape index (κ1) is 53.1. The van der Waals surface area contributed by atoms with Crippen LogP contribution in [-0.2, 0) is 60.5 Å². The van der Waals surface area contributed by atoms with Gasteiger partial charge >= 0.3 is 12.2 Å². The highest BCUT2D eigenvalue weighted by atomic mass is 16.6. The van der Waals surface area contributed by atoms with Crippen molar-refractivity contribution in [2.24, 2.45) is 20.0 Å². The Balaban J connectivity index is 0.000000371. The molecular weight excluding hydrogens is 763 g/mol. The van der Waals surface area contributed by atoms with E-state index in [1.165, 1.54) is 7.11 Å². The van der Waals surface area contributed by atoms with Crippen molar-refractivity contribution in [2.75, 3.05) is 46.4 Å². The number of nitrogens with zero attached hydrogens (tertiary/aromatic N) is 9. The molecule has 1 unspecified atom stereocenters. The molecule has 0 aromatic carbocycles. The Morgan fingerprint density at radius 2 is 1.34 bits per heavy atom. The van der Waals surface area contributed by atoms with E-state index in [4.69, 9.17) is 23.7 Å². The van der Waals surface area contributed by atoms with Gasteiger partial charge in [0.2, 0.25) is 5.91 Å². The van der Waals surface area contributed by atoms with Crippen LogP contribution < -0.4 is 0 Å². The van der Waals surface area contributed by atoms with Crippen molar-refractivity contribution in [3.63, 3.8) is 0 Å². The van der Waals surface area contributed by atoms with Crippen LogP contribution in [0, 0.1) is 5.92 Å². The average molecular weight is 840 g/mol. The molecule has 3 amide bonds. The lowest BCUT2D eigenvalue weighted by Crippen LogP contribution is -2.55. The van der Waals surface area contributed by atoms with Gasteiger partial charge in [-0.05, 0) is 88.0 Å². The number of aryl methyl sites for hydroxylation is 2. The molecule has 0 saturated carbocycles. The zero-order valence-corrected chi connectivity index (χ0v) is 38.8. The molecule has 340 valence electrons. The Morgan fingerprint density at radius 3 is 1.80 bits per heavy atom. The molecule has 3 aliphatic heterocycles. The van der Waals surface area contributed by atoms with Crippen molar-refractivity contribution < 1.29 is 42.8 Å². The normalized spacial score (nSPS) is 16.4. The third-order valence-electron chi connectivity index (χ3n) is 8.29. The number of carbonyl (C=O) groups excluding carboxylic acids is 3. The van der Waals surface area contributed by atoms with E-state index in [0.717, 1.165) is 50.3 Å². The van der Waals surface area contributed by atoms with Gasteiger partial charge in [0.15, 0.2) is 0 Å². The predicted molar refractivity (Wildman–Crippen MR) is 224 cm³/mol. The number of amides is 3. The quantitative estimate of drug-likeness (QED) is 0.243. The van der Waals surface area contributed by atoms with E-state index in [9.17, 15) is 14.4 Å². The number of aromatic nitrogens is 6. The second-order valence-electron chi connectivity index (χ2n) is 16.4. The lowest BCUT2D eigenvalue weighted by molar-refractivity contribution is -0.128. The van der Waals surface area contributed by atoms with Gasteiger partial charge in [-0.3, -0.25) is 14.2 Å². The van der Waals surface area contributed by atoms with Gasteiger partial charge < -0.3 is 43.1 Å². The number of ether oxygens (including phenoxy) is 6. The van der Waals surface area contributed by atoms with E-state index in [2.05, 4.69) is 39.2 Å². The summed E-state index contributed by atoms with van der Waals surface area (Å²) >= 11 is 0. The molecule has 59 heavy (non-hydrogen) atoms. The monoisotopic (exact) mass is 840 g/mol. The van der Waals surface area contributed by atoms with Gasteiger partial charge in [-0.15, -0.1) is 10.2 Å². The minimum atomic E-state index is -0.255. The number of likely N-dealkylation sites (tertiary alicyclic amines) is 3. The van der Waals surface area contributed by atoms with Crippen LogP contribution in [0.3, 0.4) is 0 Å². The van der Waals surface area contributed by atoms with Crippen LogP contribution in [0.25, 0.3) is 0 Å². The molecule has 5 heterocycles. The maximum atomic E-state index is 11.3. The fraction of sp³-hybridized carbons (Fsp3) is 0.829. The van der Waals surface area contributed by atoms with Crippen LogP contribution >= 0.6 is 0 Å². The van der Waals surface area contributed by atoms with Crippen molar-refractivity contribution in [2.45, 2.75) is 158 Å². The lowest BCUT2D eigenvalue weighted by Gasteiger charge is -2.39. The highest BCUT2D eigenvalue weighted by molar-refractivity contribution is 5.78. The maximum absolute atomic E-state index is 11.3. The Hall–Kier alpha value is -3.87. The molecule has 1 atom stereocenters. The molecule has 0 bridgehead atoms. The summed E-state index contributed by atoms with van der Waals surface area (Å²) in [7, 11) is 5.09. The summed E-state index contributed by atoms with van der Waals surface area (Å²) in [4.78, 5) is 38.7. The second kappa shape index (κ2) is 28.6. The minimum Gasteiger partial charge on any atom is -0.453 e. The van der Waals surface area contributed by atoms with Gasteiger partial charge in [-0.25, -0.2) is 9.59 Å². The van der Waals surface area contributed by atoms with Gasteiger partial charge in [0.25, 0.3) is 0 Å². The van der Waals surface area contributed by atoms with E-state index < -0.39 is 0 Å². The number of methoxy groups -OCH3 is 1. The van der Waals surface area contributed by atoms with Crippen LogP contribution in [-0.4, -0.2) is 152 Å². The summed E-state index contributed by atoms with van der Waals surface area (Å²) in [6.45, 7) is 29.7. The average Bonchev–Trinajstić information content (AvgIpc) is 3.94. The Labute approximate surface area is 353 Å². The van der Waals surface area contributed by atoms with E-state index in [1.54, 1.807) is 25.4 Å². The van der Waals surface area contributed by atoms with Crippen molar-refractivity contribution in [1.82, 2.24) is 44.7 Å². The van der Waals surface area contributed by atoms with Crippen molar-refractivity contribution in [3.05, 3.63) is 23.8 Å². The zero-order chi connectivity index (χ0) is 44.7. The van der Waals surface area contributed by atoms with Crippen LogP contribution in [0.2, 0.25) is 0 Å². The summed E-state index contributed by atoms with van der Waals surface area (Å²) in [5.41, 5.74) is 1.87. The predicted octanol–water partition coefficient (Wildman–Crippen LogP) is 5.64. The van der Waals surface area contributed by atoms with Crippen LogP contribution in [0.5, 0.6) is 0 Å². The smallest absolute Gasteiger partial charge is 0.410 e. The highest BCUT2D eigenvalue weighted by Gasteiger charge is 2.33. The number of hydrogen-bond donors (Lipinski definition) is 0. The molecule has 3 fully saturated rings. The molecule has 0 N–H and O–H groups in total. The molecule has 5 rings (SSSR count). The topological polar surface area (TPSA) is 178 Å². The molecule has 3 saturated heterocycles. The Morgan fingerprint density at radius 1 is 0.746 bits per heavy atom. The molecule has 0 radical (unpaired) electrons. The summed E-state index contributed by atoms with van der Waals surface area (Å²) in [6, 6.07) is 0. The van der Waals surface area contributed by atoms with E-state index >= 15 is 0 Å². The number of carbonyl (C=O) groups is 3. The standard InChI is InChI=1S/C10H19NO3.C9H17NO3.C8H15NO.2C7H13N3O/c1-7(2)13-9-5-11(6-9)10(12)14-8(3)4;1-7(2)13-8-4-5-10(6-8)9(11)12-3;1-7(2)6-9-5-3-4-8(9)10;1-6(2)11-5-7-4-10(3)9-8-7;1-6(2)11-5-7-4-8-9-10(7)3/h7-9H,5-6H2,1-4H3;7-8H,4-6H2,1-3H3;7H,3-6H2,1-2H3;2*4,6H,5H2,1-3H3. The van der Waals surface area contributed by atoms with Crippen LogP contribution in [0.15, 0.2) is 12.4 Å². The second-order valence-corrected chi connectivity index (χ2v) is 16.4. The lowest BCUT2D eigenvalue weighted by atomic mass is 10.2. The Kier molecular flexibility index (Phi) is 25.7. The van der Waals surface area contributed by atoms with Gasteiger partial charge in [-0.2, -0.15) is 0 Å². The fourth-order valence-corrected chi connectivity index (χ4v) is 5.60. The fourth-order valence-electron chi connectivity index (χ4n) is 5.60. The maximum Gasteiger partial charge on any atom is 0.410 e. The highest BCUT2D eigenvalue weighted by Crippen LogP contribution is 2.16. The SMILES string of the molecule is CC(C)CN1CCCC1=O.CC(C)OC(=O)N1CC(OC(C)C)C1.CC(C)OCc1cn(C)nn1.CC(C)OCc1cnnn1C.COC(=O)N1CCC(OC(C)C)C1. The molecule has 0 aliphatic carbocycles. The summed E-state index contributed by atoms with van der Waals surface area (Å²) in [5, 5.41) is 15.2. The molecule has 0 spiro atoms. The summed E-state index contributed by atoms with van der Waals surface area (Å²) in [6.07, 6.45) is 7.09. The molecule has 3 aliphatic rings. The zero-order valence-electron chi connectivity index (χ0n) is 38.8. The Bertz CT molecular complexity index is 1440. The van der Waals surface area contributed by atoms with Crippen LogP contribution in [0.4, 0.5) is 9.59 Å². The molecule has 2 aromatic heterocycles. The van der Waals surface area contributed by atoms with E-state index in [-0.39, 0.29) is 54.9 Å². The van der Waals surface area contributed by atoms with Gasteiger partial charge in [0.1, 0.15) is 5.69 Å². The van der Waals surface area contributed by atoms with Crippen molar-refractivity contribution in [3.8, 4) is 0 Å². The van der Waals surface area contributed by atoms with Crippen molar-refractivity contribution in [1.29, 1.82) is 0 Å². The largest absolute Gasteiger partial charge is 0.453 e. The molecule has 18 heteroatoms. The first-order valence-corrected chi connectivity index (χ1v) is 21.0. The molecular formula is C41H77N9O9. The first-order valence-electron chi connectivity index (χ1n) is 21.0. The molecule has 2 aromatic rings. The van der Waals surface area contributed by atoms with Crippen molar-refractivity contribution >= 4 is 18.1 Å². The third kappa shape index (κ3) is 24.1. The minimum absolute atomic E-state index is 0.0485. The van der Waals surface area contributed by atoms with Gasteiger partial charge in [0.05, 0.1) is 101 Å². The first-order chi connectivity index (χ1) is 27.7. The van der Waals surface area contributed by atoms with E-state index in [1.807, 2.05) is 94.4 Å². The third-order valence-corrected chi connectivity index (χ3v) is 8.29.